The van der Waals surface area contributed by atoms with Crippen LogP contribution in [0.15, 0.2) is 0 Å². The first kappa shape index (κ1) is 16.0. The largest absolute Gasteiger partial charge is 0.481 e. The van der Waals surface area contributed by atoms with Crippen molar-refractivity contribution in [3.8, 4) is 0 Å². The van der Waals surface area contributed by atoms with Crippen LogP contribution in [0.1, 0.15) is 33.1 Å². The van der Waals surface area contributed by atoms with Crippen LogP contribution in [0.3, 0.4) is 0 Å². The van der Waals surface area contributed by atoms with Gasteiger partial charge in [-0.3, -0.25) is 4.79 Å². The Balaban J connectivity index is 2.02. The second kappa shape index (κ2) is 5.80. The summed E-state index contributed by atoms with van der Waals surface area (Å²) in [5, 5.41) is 9.26. The van der Waals surface area contributed by atoms with E-state index < -0.39 is 40.3 Å². The molecule has 0 heterocycles. The van der Waals surface area contributed by atoms with Crippen molar-refractivity contribution in [1.82, 2.24) is 9.44 Å². The lowest BCUT2D eigenvalue weighted by atomic mass is 9.85. The number of carbonyl (C=O) groups is 2. The van der Waals surface area contributed by atoms with Crippen LogP contribution in [0.25, 0.3) is 0 Å². The molecule has 2 bridgehead atoms. The van der Waals surface area contributed by atoms with Crippen molar-refractivity contribution in [3.63, 3.8) is 0 Å². The Morgan fingerprint density at radius 1 is 1.24 bits per heavy atom. The molecule has 4 unspecified atom stereocenters. The number of carboxylic acid groups (broad SMARTS) is 1. The molecule has 21 heavy (non-hydrogen) atoms. The Kier molecular flexibility index (Phi) is 4.43. The fourth-order valence-corrected chi connectivity index (χ4v) is 4.40. The van der Waals surface area contributed by atoms with Gasteiger partial charge in [-0.2, -0.15) is 13.1 Å². The number of fused-ring (bicyclic) bond motifs is 2. The van der Waals surface area contributed by atoms with Crippen molar-refractivity contribution in [2.24, 2.45) is 17.8 Å². The minimum absolute atomic E-state index is 0.00261. The third kappa shape index (κ3) is 3.65. The van der Waals surface area contributed by atoms with Crippen molar-refractivity contribution >= 4 is 22.3 Å². The van der Waals surface area contributed by atoms with Gasteiger partial charge in [-0.1, -0.05) is 0 Å². The number of nitrogens with one attached hydrogen (secondary N) is 2. The number of carboxylic acids is 1. The van der Waals surface area contributed by atoms with Crippen LogP contribution in [0.4, 0.5) is 4.79 Å². The monoisotopic (exact) mass is 320 g/mol. The molecule has 2 aliphatic carbocycles. The molecule has 0 aromatic carbocycles. The summed E-state index contributed by atoms with van der Waals surface area (Å²) in [5.41, 5.74) is 0. The first-order valence-corrected chi connectivity index (χ1v) is 8.41. The molecule has 1 amide bonds. The number of carbonyl (C=O) groups excluding carboxylic acids is 1. The lowest BCUT2D eigenvalue weighted by Gasteiger charge is -2.28. The van der Waals surface area contributed by atoms with Gasteiger partial charge in [0.15, 0.2) is 0 Å². The van der Waals surface area contributed by atoms with Crippen molar-refractivity contribution in [2.75, 3.05) is 0 Å². The molecule has 2 saturated carbocycles. The van der Waals surface area contributed by atoms with Gasteiger partial charge < -0.3 is 9.84 Å². The minimum Gasteiger partial charge on any atom is -0.481 e. The summed E-state index contributed by atoms with van der Waals surface area (Å²) in [6.07, 6.45) is 0.795. The second-order valence-electron chi connectivity index (χ2n) is 5.90. The SMILES string of the molecule is CC(C)OC(=O)NS(=O)(=O)NC1C2CCC(C2)C1C(=O)O. The van der Waals surface area contributed by atoms with Crippen LogP contribution < -0.4 is 9.44 Å². The van der Waals surface area contributed by atoms with E-state index in [1.165, 1.54) is 0 Å². The highest BCUT2D eigenvalue weighted by Crippen LogP contribution is 2.48. The van der Waals surface area contributed by atoms with E-state index in [1.807, 2.05) is 0 Å². The zero-order valence-electron chi connectivity index (χ0n) is 11.9. The topological polar surface area (TPSA) is 122 Å². The van der Waals surface area contributed by atoms with Crippen LogP contribution in [-0.4, -0.2) is 37.7 Å². The van der Waals surface area contributed by atoms with E-state index in [0.717, 1.165) is 12.8 Å². The smallest absolute Gasteiger partial charge is 0.422 e. The quantitative estimate of drug-likeness (QED) is 0.676. The summed E-state index contributed by atoms with van der Waals surface area (Å²) in [6.45, 7) is 3.19. The molecule has 8 nitrogen and oxygen atoms in total. The van der Waals surface area contributed by atoms with E-state index >= 15 is 0 Å². The zero-order chi connectivity index (χ0) is 15.8. The standard InChI is InChI=1S/C12H20N2O6S/c1-6(2)20-12(17)14-21(18,19)13-10-8-4-3-7(5-8)9(10)11(15)16/h6-10,13H,3-5H2,1-2H3,(H,14,17)(H,15,16). The second-order valence-corrected chi connectivity index (χ2v) is 7.35. The Morgan fingerprint density at radius 3 is 2.43 bits per heavy atom. The maximum Gasteiger partial charge on any atom is 0.422 e. The van der Waals surface area contributed by atoms with Crippen molar-refractivity contribution in [3.05, 3.63) is 0 Å². The van der Waals surface area contributed by atoms with Gasteiger partial charge in [0.1, 0.15) is 0 Å². The van der Waals surface area contributed by atoms with Gasteiger partial charge in [-0.15, -0.1) is 0 Å². The number of ether oxygens (including phenoxy) is 1. The molecule has 0 spiro atoms. The molecule has 2 rings (SSSR count). The molecular formula is C12H20N2O6S. The van der Waals surface area contributed by atoms with Crippen molar-refractivity contribution < 1.29 is 27.9 Å². The first-order chi connectivity index (χ1) is 9.69. The molecule has 0 aliphatic heterocycles. The predicted molar refractivity (Wildman–Crippen MR) is 72.6 cm³/mol. The lowest BCUT2D eigenvalue weighted by molar-refractivity contribution is -0.144. The van der Waals surface area contributed by atoms with E-state index in [-0.39, 0.29) is 11.8 Å². The van der Waals surface area contributed by atoms with Crippen LogP contribution in [0.2, 0.25) is 0 Å². The molecule has 0 saturated heterocycles. The van der Waals surface area contributed by atoms with E-state index in [4.69, 9.17) is 4.74 Å². The Labute approximate surface area is 123 Å². The average molecular weight is 320 g/mol. The van der Waals surface area contributed by atoms with Crippen LogP contribution in [-0.2, 0) is 19.7 Å². The highest BCUT2D eigenvalue weighted by atomic mass is 32.2. The summed E-state index contributed by atoms with van der Waals surface area (Å²) >= 11 is 0. The van der Waals surface area contributed by atoms with Gasteiger partial charge >= 0.3 is 22.3 Å². The third-order valence-corrected chi connectivity index (χ3v) is 5.07. The van der Waals surface area contributed by atoms with Gasteiger partial charge in [0.25, 0.3) is 0 Å². The van der Waals surface area contributed by atoms with Gasteiger partial charge in [0.05, 0.1) is 12.0 Å². The molecule has 4 atom stereocenters. The fraction of sp³-hybridized carbons (Fsp3) is 0.833. The third-order valence-electron chi connectivity index (χ3n) is 4.05. The normalized spacial score (nSPS) is 31.4. The summed E-state index contributed by atoms with van der Waals surface area (Å²) in [4.78, 5) is 22.7. The van der Waals surface area contributed by atoms with Crippen LogP contribution >= 0.6 is 0 Å². The number of amides is 1. The fourth-order valence-electron chi connectivity index (χ4n) is 3.37. The minimum atomic E-state index is -4.14. The van der Waals surface area contributed by atoms with Crippen molar-refractivity contribution in [2.45, 2.75) is 45.3 Å². The van der Waals surface area contributed by atoms with Crippen molar-refractivity contribution in [1.29, 1.82) is 0 Å². The molecule has 0 aromatic rings. The van der Waals surface area contributed by atoms with E-state index in [0.29, 0.717) is 6.42 Å². The lowest BCUT2D eigenvalue weighted by Crippen LogP contribution is -2.51. The number of aliphatic carboxylic acids is 1. The summed E-state index contributed by atoms with van der Waals surface area (Å²) in [6, 6.07) is -0.675. The maximum atomic E-state index is 11.9. The van der Waals surface area contributed by atoms with Gasteiger partial charge in [-0.05, 0) is 44.9 Å². The molecular weight excluding hydrogens is 300 g/mol. The Morgan fingerprint density at radius 2 is 1.86 bits per heavy atom. The summed E-state index contributed by atoms with van der Waals surface area (Å²) in [7, 11) is -4.14. The predicted octanol–water partition coefficient (Wildman–Crippen LogP) is 0.455. The molecule has 120 valence electrons. The maximum absolute atomic E-state index is 11.9. The Hall–Kier alpha value is -1.35. The number of rotatable bonds is 5. The van der Waals surface area contributed by atoms with Crippen LogP contribution in [0.5, 0.6) is 0 Å². The van der Waals surface area contributed by atoms with Gasteiger partial charge in [-0.25, -0.2) is 9.52 Å². The van der Waals surface area contributed by atoms with Crippen LogP contribution in [0, 0.1) is 17.8 Å². The molecule has 2 aliphatic rings. The Bertz CT molecular complexity index is 532. The first-order valence-electron chi connectivity index (χ1n) is 6.93. The molecule has 9 heteroatoms. The number of hydrogen-bond donors (Lipinski definition) is 3. The highest BCUT2D eigenvalue weighted by molar-refractivity contribution is 7.88. The highest BCUT2D eigenvalue weighted by Gasteiger charge is 2.52. The molecule has 2 fully saturated rings. The molecule has 3 N–H and O–H groups in total. The zero-order valence-corrected chi connectivity index (χ0v) is 12.7. The van der Waals surface area contributed by atoms with E-state index in [2.05, 4.69) is 4.72 Å². The van der Waals surface area contributed by atoms with Gasteiger partial charge in [0, 0.05) is 6.04 Å². The van der Waals surface area contributed by atoms with Gasteiger partial charge in [0.2, 0.25) is 0 Å². The molecule has 0 aromatic heterocycles. The number of hydrogen-bond acceptors (Lipinski definition) is 5. The molecule has 0 radical (unpaired) electrons. The summed E-state index contributed by atoms with van der Waals surface area (Å²) in [5.74, 6) is -1.72. The van der Waals surface area contributed by atoms with E-state index in [1.54, 1.807) is 18.6 Å². The summed E-state index contributed by atoms with van der Waals surface area (Å²) < 4.78 is 32.6. The van der Waals surface area contributed by atoms with E-state index in [9.17, 15) is 23.1 Å². The average Bonchev–Trinajstić information content (AvgIpc) is 2.85.